The zero-order valence-electron chi connectivity index (χ0n) is 19.5. The Balaban J connectivity index is 1.81. The van der Waals surface area contributed by atoms with Crippen LogP contribution in [-0.4, -0.2) is 37.9 Å². The molecule has 178 valence electrons. The van der Waals surface area contributed by atoms with Crippen LogP contribution in [0.15, 0.2) is 76.7 Å². The number of sulfonamides is 1. The average Bonchev–Trinajstić information content (AvgIpc) is 2.77. The largest absolute Gasteiger partial charge is 0.272 e. The first-order valence-electron chi connectivity index (χ1n) is 10.9. The summed E-state index contributed by atoms with van der Waals surface area (Å²) in [7, 11) is -3.92. The highest BCUT2D eigenvalue weighted by Crippen LogP contribution is 2.25. The first-order chi connectivity index (χ1) is 16.2. The molecular formula is C26H28ClN3O3S. The van der Waals surface area contributed by atoms with Gasteiger partial charge in [-0.05, 0) is 61.6 Å². The van der Waals surface area contributed by atoms with Crippen molar-refractivity contribution in [2.75, 3.05) is 13.1 Å². The molecule has 0 aliphatic rings. The second-order valence-electron chi connectivity index (χ2n) is 8.15. The van der Waals surface area contributed by atoms with Gasteiger partial charge in [-0.25, -0.2) is 13.8 Å². The summed E-state index contributed by atoms with van der Waals surface area (Å²) in [5.74, 6) is -0.524. The van der Waals surface area contributed by atoms with Gasteiger partial charge < -0.3 is 0 Å². The van der Waals surface area contributed by atoms with E-state index in [9.17, 15) is 13.2 Å². The van der Waals surface area contributed by atoms with E-state index in [1.165, 1.54) is 10.5 Å². The van der Waals surface area contributed by atoms with E-state index < -0.39 is 15.9 Å². The maximum Gasteiger partial charge on any atom is 0.255 e. The monoisotopic (exact) mass is 497 g/mol. The molecule has 3 aromatic rings. The molecule has 3 aromatic carbocycles. The van der Waals surface area contributed by atoms with Crippen molar-refractivity contribution in [1.82, 2.24) is 9.73 Å². The molecule has 0 saturated heterocycles. The summed E-state index contributed by atoms with van der Waals surface area (Å²) in [4.78, 5) is 12.9. The number of halogens is 1. The third kappa shape index (κ3) is 6.76. The van der Waals surface area contributed by atoms with Crippen molar-refractivity contribution in [2.45, 2.75) is 32.1 Å². The lowest BCUT2D eigenvalue weighted by Crippen LogP contribution is -2.41. The number of carbonyl (C=O) groups excluding carboxylic acids is 1. The molecule has 6 nitrogen and oxygen atoms in total. The Morgan fingerprint density at radius 3 is 2.24 bits per heavy atom. The Kier molecular flexibility index (Phi) is 8.61. The normalized spacial score (nSPS) is 11.8. The number of hydrogen-bond acceptors (Lipinski definition) is 4. The van der Waals surface area contributed by atoms with Crippen molar-refractivity contribution in [3.05, 3.63) is 99.6 Å². The van der Waals surface area contributed by atoms with Crippen LogP contribution in [0.25, 0.3) is 0 Å². The van der Waals surface area contributed by atoms with E-state index in [1.807, 2.05) is 49.4 Å². The Hall–Kier alpha value is -3.00. The fourth-order valence-corrected chi connectivity index (χ4v) is 5.74. The van der Waals surface area contributed by atoms with Gasteiger partial charge in [0.05, 0.1) is 17.7 Å². The molecule has 1 amide bonds. The second kappa shape index (κ2) is 11.4. The van der Waals surface area contributed by atoms with Crippen LogP contribution in [0.2, 0.25) is 5.02 Å². The number of nitrogens with one attached hydrogen (secondary N) is 1. The van der Waals surface area contributed by atoms with Crippen molar-refractivity contribution in [2.24, 2.45) is 5.10 Å². The first-order valence-corrected chi connectivity index (χ1v) is 12.7. The minimum Gasteiger partial charge on any atom is -0.272 e. The summed E-state index contributed by atoms with van der Waals surface area (Å²) >= 11 is 5.87. The number of nitrogens with zero attached hydrogens (tertiary/aromatic N) is 2. The summed E-state index contributed by atoms with van der Waals surface area (Å²) in [5, 5.41) is 4.55. The van der Waals surface area contributed by atoms with Crippen LogP contribution in [0.1, 0.15) is 27.8 Å². The second-order valence-corrected chi connectivity index (χ2v) is 10.5. The van der Waals surface area contributed by atoms with E-state index in [0.29, 0.717) is 22.6 Å². The molecule has 0 spiro atoms. The predicted molar refractivity (Wildman–Crippen MR) is 137 cm³/mol. The molecule has 0 saturated carbocycles. The van der Waals surface area contributed by atoms with Gasteiger partial charge in [0.2, 0.25) is 10.0 Å². The van der Waals surface area contributed by atoms with Crippen LogP contribution < -0.4 is 5.43 Å². The van der Waals surface area contributed by atoms with Crippen LogP contribution in [0.4, 0.5) is 0 Å². The molecule has 0 aliphatic carbocycles. The quantitative estimate of drug-likeness (QED) is 0.345. The molecule has 0 atom stereocenters. The lowest BCUT2D eigenvalue weighted by atomic mass is 10.1. The van der Waals surface area contributed by atoms with E-state index in [4.69, 9.17) is 11.6 Å². The van der Waals surface area contributed by atoms with E-state index >= 15 is 0 Å². The van der Waals surface area contributed by atoms with Gasteiger partial charge in [0.15, 0.2) is 0 Å². The fourth-order valence-electron chi connectivity index (χ4n) is 3.81. The van der Waals surface area contributed by atoms with Gasteiger partial charge >= 0.3 is 0 Å². The third-order valence-corrected chi connectivity index (χ3v) is 7.69. The SMILES string of the molecule is Cc1cc(C)c(S(=O)(=O)N(CCc2ccccc2)CC(=O)N/N=C/c2ccc(Cl)cc2)c(C)c1. The zero-order valence-corrected chi connectivity index (χ0v) is 21.0. The molecule has 0 aromatic heterocycles. The van der Waals surface area contributed by atoms with Gasteiger partial charge in [0.1, 0.15) is 0 Å². The van der Waals surface area contributed by atoms with Gasteiger partial charge in [-0.1, -0.05) is 71.8 Å². The summed E-state index contributed by atoms with van der Waals surface area (Å²) in [6.45, 7) is 5.29. The molecular weight excluding hydrogens is 470 g/mol. The van der Waals surface area contributed by atoms with Crippen molar-refractivity contribution in [3.8, 4) is 0 Å². The maximum atomic E-state index is 13.7. The van der Waals surface area contributed by atoms with Crippen molar-refractivity contribution < 1.29 is 13.2 Å². The Labute approximate surface area is 206 Å². The number of aryl methyl sites for hydroxylation is 3. The van der Waals surface area contributed by atoms with Crippen LogP contribution in [-0.2, 0) is 21.2 Å². The van der Waals surface area contributed by atoms with E-state index in [1.54, 1.807) is 38.1 Å². The van der Waals surface area contributed by atoms with E-state index in [0.717, 1.165) is 16.7 Å². The molecule has 0 radical (unpaired) electrons. The van der Waals surface area contributed by atoms with Crippen LogP contribution >= 0.6 is 11.6 Å². The molecule has 8 heteroatoms. The van der Waals surface area contributed by atoms with Crippen LogP contribution in [0.5, 0.6) is 0 Å². The number of hydrazone groups is 1. The average molecular weight is 498 g/mol. The molecule has 0 fully saturated rings. The van der Waals surface area contributed by atoms with Gasteiger partial charge in [-0.3, -0.25) is 4.79 Å². The highest BCUT2D eigenvalue weighted by molar-refractivity contribution is 7.89. The molecule has 0 unspecified atom stereocenters. The van der Waals surface area contributed by atoms with Crippen LogP contribution in [0, 0.1) is 20.8 Å². The van der Waals surface area contributed by atoms with Gasteiger partial charge in [0.25, 0.3) is 5.91 Å². The zero-order chi connectivity index (χ0) is 24.7. The summed E-state index contributed by atoms with van der Waals surface area (Å²) < 4.78 is 28.5. The van der Waals surface area contributed by atoms with E-state index in [2.05, 4.69) is 10.5 Å². The number of amides is 1. The third-order valence-electron chi connectivity index (χ3n) is 5.29. The Morgan fingerprint density at radius 1 is 1.00 bits per heavy atom. The highest BCUT2D eigenvalue weighted by Gasteiger charge is 2.29. The van der Waals surface area contributed by atoms with E-state index in [-0.39, 0.29) is 18.0 Å². The van der Waals surface area contributed by atoms with Crippen molar-refractivity contribution >= 4 is 33.7 Å². The van der Waals surface area contributed by atoms with Crippen molar-refractivity contribution in [1.29, 1.82) is 0 Å². The Bertz CT molecular complexity index is 1250. The minimum absolute atomic E-state index is 0.160. The fraction of sp³-hybridized carbons (Fsp3) is 0.231. The smallest absolute Gasteiger partial charge is 0.255 e. The number of benzene rings is 3. The molecule has 1 N–H and O–H groups in total. The summed E-state index contributed by atoms with van der Waals surface area (Å²) in [6, 6.07) is 20.2. The number of rotatable bonds is 9. The minimum atomic E-state index is -3.92. The molecule has 0 aliphatic heterocycles. The molecule has 0 heterocycles. The molecule has 0 bridgehead atoms. The summed E-state index contributed by atoms with van der Waals surface area (Å²) in [5.41, 5.74) is 6.47. The predicted octanol–water partition coefficient (Wildman–Crippen LogP) is 4.65. The lowest BCUT2D eigenvalue weighted by Gasteiger charge is -2.24. The topological polar surface area (TPSA) is 78.8 Å². The first kappa shape index (κ1) is 25.6. The standard InChI is InChI=1S/C26H28ClN3O3S/c1-19-15-20(2)26(21(3)16-19)34(32,33)30(14-13-22-7-5-4-6-8-22)18-25(31)29-28-17-23-9-11-24(27)12-10-23/h4-12,15-17H,13-14,18H2,1-3H3,(H,29,31)/b28-17+. The van der Waals surface area contributed by atoms with Gasteiger partial charge in [-0.2, -0.15) is 9.41 Å². The maximum absolute atomic E-state index is 13.7. The van der Waals surface area contributed by atoms with Gasteiger partial charge in [-0.15, -0.1) is 0 Å². The molecule has 3 rings (SSSR count). The molecule has 34 heavy (non-hydrogen) atoms. The Morgan fingerprint density at radius 2 is 1.62 bits per heavy atom. The highest BCUT2D eigenvalue weighted by atomic mass is 35.5. The van der Waals surface area contributed by atoms with Gasteiger partial charge in [0, 0.05) is 11.6 Å². The van der Waals surface area contributed by atoms with Crippen LogP contribution in [0.3, 0.4) is 0 Å². The number of carbonyl (C=O) groups is 1. The van der Waals surface area contributed by atoms with Crippen molar-refractivity contribution in [3.63, 3.8) is 0 Å². The summed E-state index contributed by atoms with van der Waals surface area (Å²) in [6.07, 6.45) is 1.96. The number of hydrogen-bond donors (Lipinski definition) is 1. The lowest BCUT2D eigenvalue weighted by molar-refractivity contribution is -0.121.